The van der Waals surface area contributed by atoms with Gasteiger partial charge in [0.05, 0.1) is 0 Å². The molecule has 0 fully saturated rings. The molecule has 8 aromatic rings. The molecule has 0 N–H and O–H groups in total. The Bertz CT molecular complexity index is 2260. The van der Waals surface area contributed by atoms with Crippen LogP contribution in [0.5, 0.6) is 0 Å². The van der Waals surface area contributed by atoms with Gasteiger partial charge in [-0.05, 0) is 44.7 Å². The van der Waals surface area contributed by atoms with Crippen LogP contribution < -0.4 is 0 Å². The zero-order valence-electron chi connectivity index (χ0n) is 28.4. The standard InChI is InChI=1S/C22H19.C21H17.2CH3.Si.Zr/c1-15(2)20-13-18-8-5-9-21(22(18)14-20)19-11-10-16-6-3-4-7-17(16)12-19;1-14-12-20-15(2)10-11-19(21(20)13-14)18-9-5-7-16-6-3-4-8-17(16)18;;;;/h3-15H,1-2H3;3-13H,1-2H3;2*1H3;;/q4*-1;;. The molecular weight excluding hydrogens is 660 g/mol. The van der Waals surface area contributed by atoms with E-state index in [0.717, 1.165) is 0 Å². The molecule has 0 aliphatic carbocycles. The Kier molecular flexibility index (Phi) is 12.1. The zero-order chi connectivity index (χ0) is 31.5. The SMILES string of the molecule is CC(C)c1cc2c(-c3ccc4ccccc4c3)cccc2[cH-]1.Cc1cc2c(-c3cccc4ccccc34)ccc(C)c2[cH-]1.[CH3-].[CH3-].[Si]=[Zr]. The third-order valence-corrected chi connectivity index (χ3v) is 8.83. The third-order valence-electron chi connectivity index (χ3n) is 8.83. The molecule has 8 rings (SSSR count). The number of rotatable bonds is 3. The van der Waals surface area contributed by atoms with Crippen molar-refractivity contribution in [3.8, 4) is 22.3 Å². The summed E-state index contributed by atoms with van der Waals surface area (Å²) in [5.74, 6) is 0.567. The topological polar surface area (TPSA) is 0 Å². The van der Waals surface area contributed by atoms with Crippen LogP contribution in [0.1, 0.15) is 36.5 Å². The minimum absolute atomic E-state index is 0. The van der Waals surface area contributed by atoms with Gasteiger partial charge in [0.1, 0.15) is 0 Å². The van der Waals surface area contributed by atoms with Crippen LogP contribution in [-0.2, 0) is 23.3 Å². The minimum atomic E-state index is 0. The van der Waals surface area contributed by atoms with Crippen LogP contribution in [0.4, 0.5) is 0 Å². The van der Waals surface area contributed by atoms with Gasteiger partial charge in [0.2, 0.25) is 0 Å². The maximum atomic E-state index is 3.06. The van der Waals surface area contributed by atoms with Crippen LogP contribution in [-0.4, -0.2) is 6.88 Å². The number of hydrogen-bond donors (Lipinski definition) is 0. The quantitative estimate of drug-likeness (QED) is 0.127. The van der Waals surface area contributed by atoms with Crippen LogP contribution in [0, 0.1) is 28.7 Å². The summed E-state index contributed by atoms with van der Waals surface area (Å²) in [4.78, 5) is 0. The van der Waals surface area contributed by atoms with Gasteiger partial charge in [-0.3, -0.25) is 0 Å². The molecule has 0 aromatic heterocycles. The summed E-state index contributed by atoms with van der Waals surface area (Å²) in [6.07, 6.45) is 0. The van der Waals surface area contributed by atoms with E-state index in [1.54, 1.807) is 0 Å². The first-order valence-electron chi connectivity index (χ1n) is 15.5. The average Bonchev–Trinajstić information content (AvgIpc) is 3.70. The molecule has 0 unspecified atom stereocenters. The molecule has 0 amide bonds. The van der Waals surface area contributed by atoms with Crippen LogP contribution in [0.3, 0.4) is 0 Å². The summed E-state index contributed by atoms with van der Waals surface area (Å²) in [5, 5.41) is 10.7. The molecule has 0 bridgehead atoms. The van der Waals surface area contributed by atoms with Crippen molar-refractivity contribution in [2.45, 2.75) is 33.6 Å². The predicted molar refractivity (Wildman–Crippen MR) is 207 cm³/mol. The van der Waals surface area contributed by atoms with E-state index in [-0.39, 0.29) is 14.9 Å². The number of hydrogen-bond acceptors (Lipinski definition) is 0. The van der Waals surface area contributed by atoms with Crippen molar-refractivity contribution in [3.63, 3.8) is 0 Å². The Hall–Kier alpha value is -3.84. The molecule has 234 valence electrons. The van der Waals surface area contributed by atoms with Gasteiger partial charge < -0.3 is 14.9 Å². The van der Waals surface area contributed by atoms with Gasteiger partial charge in [-0.1, -0.05) is 130 Å². The van der Waals surface area contributed by atoms with Gasteiger partial charge >= 0.3 is 30.2 Å². The molecule has 0 aliphatic heterocycles. The molecule has 0 heterocycles. The molecule has 2 heteroatoms. The van der Waals surface area contributed by atoms with E-state index in [4.69, 9.17) is 0 Å². The van der Waals surface area contributed by atoms with Crippen molar-refractivity contribution >= 4 is 50.0 Å². The normalized spacial score (nSPS) is 10.6. The molecule has 8 aromatic carbocycles. The van der Waals surface area contributed by atoms with E-state index < -0.39 is 0 Å². The Morgan fingerprint density at radius 1 is 0.532 bits per heavy atom. The maximum absolute atomic E-state index is 3.06. The van der Waals surface area contributed by atoms with Crippen molar-refractivity contribution in [3.05, 3.63) is 171 Å². The second kappa shape index (κ2) is 15.8. The first kappa shape index (κ1) is 36.0. The zero-order valence-corrected chi connectivity index (χ0v) is 31.8. The van der Waals surface area contributed by atoms with E-state index in [1.165, 1.54) is 105 Å². The van der Waals surface area contributed by atoms with Gasteiger partial charge in [-0.15, -0.1) is 68.6 Å². The number of fused-ring (bicyclic) bond motifs is 4. The summed E-state index contributed by atoms with van der Waals surface area (Å²) >= 11 is 1.36. The van der Waals surface area contributed by atoms with Gasteiger partial charge in [0.15, 0.2) is 0 Å². The van der Waals surface area contributed by atoms with E-state index in [1.807, 2.05) is 0 Å². The molecule has 47 heavy (non-hydrogen) atoms. The molecule has 0 nitrogen and oxygen atoms in total. The molecule has 0 saturated carbocycles. The Labute approximate surface area is 298 Å². The van der Waals surface area contributed by atoms with Gasteiger partial charge in [0, 0.05) is 0 Å². The molecule has 2 radical (unpaired) electrons. The summed E-state index contributed by atoms with van der Waals surface area (Å²) < 4.78 is 0. The van der Waals surface area contributed by atoms with Crippen molar-refractivity contribution in [1.29, 1.82) is 0 Å². The third kappa shape index (κ3) is 7.35. The van der Waals surface area contributed by atoms with Crippen LogP contribution in [0.25, 0.3) is 65.3 Å². The Morgan fingerprint density at radius 3 is 1.94 bits per heavy atom. The van der Waals surface area contributed by atoms with Crippen LogP contribution in [0.2, 0.25) is 0 Å². The Morgan fingerprint density at radius 2 is 1.17 bits per heavy atom. The van der Waals surface area contributed by atoms with Crippen molar-refractivity contribution in [1.82, 2.24) is 0 Å². The first-order valence-corrected chi connectivity index (χ1v) is 19.7. The van der Waals surface area contributed by atoms with Gasteiger partial charge in [-0.2, -0.15) is 12.1 Å². The van der Waals surface area contributed by atoms with Crippen molar-refractivity contribution in [2.24, 2.45) is 0 Å². The van der Waals surface area contributed by atoms with Gasteiger partial charge in [-0.25, -0.2) is 0 Å². The van der Waals surface area contributed by atoms with E-state index in [0.29, 0.717) is 5.92 Å². The van der Waals surface area contributed by atoms with Crippen LogP contribution in [0.15, 0.2) is 140 Å². The molecule has 0 aliphatic rings. The number of aryl methyl sites for hydroxylation is 2. The summed E-state index contributed by atoms with van der Waals surface area (Å²) in [6.45, 7) is 11.9. The summed E-state index contributed by atoms with van der Waals surface area (Å²) in [5.41, 5.74) is 9.38. The molecule has 0 saturated heterocycles. The van der Waals surface area contributed by atoms with Gasteiger partial charge in [0.25, 0.3) is 0 Å². The molecule has 0 atom stereocenters. The second-order valence-electron chi connectivity index (χ2n) is 12.1. The van der Waals surface area contributed by atoms with Crippen molar-refractivity contribution in [2.75, 3.05) is 0 Å². The van der Waals surface area contributed by atoms with E-state index in [2.05, 4.69) is 174 Å². The first-order chi connectivity index (χ1) is 22.0. The average molecular weight is 702 g/mol. The summed E-state index contributed by atoms with van der Waals surface area (Å²) in [6, 6.07) is 50.9. The molecular formula is C45H42SiZr-4. The summed E-state index contributed by atoms with van der Waals surface area (Å²) in [7, 11) is 0. The fraction of sp³-hybridized carbons (Fsp3) is 0.111. The van der Waals surface area contributed by atoms with E-state index in [9.17, 15) is 0 Å². The fourth-order valence-corrected chi connectivity index (χ4v) is 6.48. The predicted octanol–water partition coefficient (Wildman–Crippen LogP) is 13.0. The Balaban J connectivity index is 0.000000195. The van der Waals surface area contributed by atoms with Crippen molar-refractivity contribution < 1.29 is 23.3 Å². The number of benzene rings is 6. The fourth-order valence-electron chi connectivity index (χ4n) is 6.48. The molecule has 0 spiro atoms. The second-order valence-corrected chi connectivity index (χ2v) is 12.1. The monoisotopic (exact) mass is 700 g/mol. The van der Waals surface area contributed by atoms with E-state index >= 15 is 0 Å². The van der Waals surface area contributed by atoms with Crippen LogP contribution >= 0.6 is 0 Å².